The Morgan fingerprint density at radius 1 is 1.07 bits per heavy atom. The topological polar surface area (TPSA) is 111 Å². The molecule has 1 saturated heterocycles. The van der Waals surface area contributed by atoms with E-state index in [0.29, 0.717) is 21.8 Å². The number of benzene rings is 2. The van der Waals surface area contributed by atoms with Gasteiger partial charge in [0.15, 0.2) is 17.8 Å². The fraction of sp³-hybridized carbons (Fsp3) is 0.370. The van der Waals surface area contributed by atoms with Crippen LogP contribution in [0.25, 0.3) is 17.1 Å². The van der Waals surface area contributed by atoms with Crippen molar-refractivity contribution in [3.05, 3.63) is 81.8 Å². The molecule has 10 nitrogen and oxygen atoms in total. The first-order valence-corrected chi connectivity index (χ1v) is 13.3. The van der Waals surface area contributed by atoms with Gasteiger partial charge in [-0.2, -0.15) is 13.2 Å². The van der Waals surface area contributed by atoms with Crippen molar-refractivity contribution in [3.63, 3.8) is 0 Å². The number of hydrogen-bond donors (Lipinski definition) is 1. The van der Waals surface area contributed by atoms with Crippen LogP contribution in [0.5, 0.6) is 0 Å². The molecular weight excluding hydrogens is 563 g/mol. The van der Waals surface area contributed by atoms with Gasteiger partial charge in [-0.25, -0.2) is 19.1 Å². The number of para-hydroxylation sites is 1. The van der Waals surface area contributed by atoms with E-state index < -0.39 is 24.5 Å². The molecule has 2 aromatic heterocycles. The maximum Gasteiger partial charge on any atom is 0.416 e. The minimum Gasteiger partial charge on any atom is -0.382 e. The highest BCUT2D eigenvalue weighted by atomic mass is 35.5. The van der Waals surface area contributed by atoms with Gasteiger partial charge in [-0.1, -0.05) is 23.7 Å². The normalized spacial score (nSPS) is 18.2. The van der Waals surface area contributed by atoms with Crippen molar-refractivity contribution in [1.29, 1.82) is 0 Å². The minimum atomic E-state index is -4.94. The zero-order valence-electron chi connectivity index (χ0n) is 22.2. The Morgan fingerprint density at radius 3 is 2.39 bits per heavy atom. The van der Waals surface area contributed by atoms with Gasteiger partial charge in [0.2, 0.25) is 0 Å². The van der Waals surface area contributed by atoms with Gasteiger partial charge < -0.3 is 10.0 Å². The Morgan fingerprint density at radius 2 is 1.73 bits per heavy atom. The molecule has 5 rings (SSSR count). The summed E-state index contributed by atoms with van der Waals surface area (Å²) in [6, 6.07) is 13.2. The maximum absolute atomic E-state index is 13.5. The molecule has 1 fully saturated rings. The molecule has 0 radical (unpaired) electrons. The van der Waals surface area contributed by atoms with Crippen LogP contribution in [-0.4, -0.2) is 69.4 Å². The van der Waals surface area contributed by atoms with E-state index >= 15 is 0 Å². The first kappa shape index (κ1) is 28.6. The predicted molar refractivity (Wildman–Crippen MR) is 144 cm³/mol. The Kier molecular flexibility index (Phi) is 7.75. The largest absolute Gasteiger partial charge is 0.416 e. The summed E-state index contributed by atoms with van der Waals surface area (Å²) in [4.78, 5) is 32.7. The van der Waals surface area contributed by atoms with Gasteiger partial charge in [-0.15, -0.1) is 10.2 Å². The van der Waals surface area contributed by atoms with Gasteiger partial charge in [0.05, 0.1) is 17.8 Å². The van der Waals surface area contributed by atoms with Crippen LogP contribution in [0.2, 0.25) is 5.02 Å². The maximum atomic E-state index is 13.5. The lowest BCUT2D eigenvalue weighted by molar-refractivity contribution is -0.207. The highest BCUT2D eigenvalue weighted by molar-refractivity contribution is 6.30. The van der Waals surface area contributed by atoms with E-state index in [-0.39, 0.29) is 36.2 Å². The molecule has 0 bridgehead atoms. The molecule has 0 spiro atoms. The molecule has 1 aliphatic rings. The zero-order chi connectivity index (χ0) is 29.5. The number of aromatic nitrogens is 6. The second-order valence-electron chi connectivity index (χ2n) is 10.0. The number of amides is 1. The standard InChI is InChI=1S/C27H27ClF3N7O3/c1-16-7-8-17(2)38(16)25(40)20-5-3-4-6-21(20)37-15-32-23(33-37)14-36-26(41)35(13-22(39)27(29,30)31)24(34-36)18-9-11-19(28)12-10-18/h3-6,9-12,15-17,22,39H,7-8,13-14H2,1-2H3/t16?,17?,22-/m0/s1. The smallest absolute Gasteiger partial charge is 0.382 e. The number of aliphatic hydroxyl groups is 1. The number of carbonyl (C=O) groups excluding carboxylic acids is 1. The first-order valence-electron chi connectivity index (χ1n) is 12.9. The Hall–Kier alpha value is -3.97. The van der Waals surface area contributed by atoms with Gasteiger partial charge in [-0.05, 0) is 63.1 Å². The third-order valence-corrected chi connectivity index (χ3v) is 7.41. The third-order valence-electron chi connectivity index (χ3n) is 7.16. The summed E-state index contributed by atoms with van der Waals surface area (Å²) < 4.78 is 42.5. The third kappa shape index (κ3) is 5.77. The molecule has 41 heavy (non-hydrogen) atoms. The van der Waals surface area contributed by atoms with E-state index in [2.05, 4.69) is 15.2 Å². The van der Waals surface area contributed by atoms with Crippen LogP contribution in [0.1, 0.15) is 42.9 Å². The lowest BCUT2D eigenvalue weighted by atomic mass is 10.1. The average Bonchev–Trinajstić information content (AvgIpc) is 3.62. The number of rotatable bonds is 7. The summed E-state index contributed by atoms with van der Waals surface area (Å²) in [5.41, 5.74) is 0.380. The minimum absolute atomic E-state index is 0.0841. The lowest BCUT2D eigenvalue weighted by Gasteiger charge is -2.27. The van der Waals surface area contributed by atoms with E-state index in [1.807, 2.05) is 18.7 Å². The summed E-state index contributed by atoms with van der Waals surface area (Å²) in [6.45, 7) is 2.71. The van der Waals surface area contributed by atoms with E-state index in [4.69, 9.17) is 11.6 Å². The van der Waals surface area contributed by atoms with Crippen LogP contribution < -0.4 is 5.69 Å². The number of nitrogens with zero attached hydrogens (tertiary/aromatic N) is 7. The van der Waals surface area contributed by atoms with Crippen LogP contribution >= 0.6 is 11.6 Å². The second-order valence-corrected chi connectivity index (χ2v) is 10.5. The number of hydrogen-bond acceptors (Lipinski definition) is 6. The molecule has 0 saturated carbocycles. The first-order chi connectivity index (χ1) is 19.4. The fourth-order valence-electron chi connectivity index (χ4n) is 5.01. The Bertz CT molecular complexity index is 1600. The molecule has 1 amide bonds. The SMILES string of the molecule is CC1CCC(C)N1C(=O)c1ccccc1-n1cnc(Cn2nc(-c3ccc(Cl)cc3)n(C[C@H](O)C(F)(F)F)c2=O)n1. The molecule has 3 heterocycles. The van der Waals surface area contributed by atoms with Crippen molar-refractivity contribution >= 4 is 17.5 Å². The van der Waals surface area contributed by atoms with Gasteiger partial charge in [0, 0.05) is 22.7 Å². The Balaban J connectivity index is 1.47. The summed E-state index contributed by atoms with van der Waals surface area (Å²) in [6.07, 6.45) is -4.48. The molecule has 2 aromatic carbocycles. The molecule has 14 heteroatoms. The summed E-state index contributed by atoms with van der Waals surface area (Å²) in [5, 5.41) is 18.7. The predicted octanol–water partition coefficient (Wildman–Crippen LogP) is 3.93. The quantitative estimate of drug-likeness (QED) is 0.350. The second kappa shape index (κ2) is 11.1. The van der Waals surface area contributed by atoms with E-state index in [0.717, 1.165) is 22.1 Å². The monoisotopic (exact) mass is 589 g/mol. The van der Waals surface area contributed by atoms with Crippen molar-refractivity contribution in [1.82, 2.24) is 34.0 Å². The molecule has 1 aliphatic heterocycles. The number of aliphatic hydroxyl groups excluding tert-OH is 1. The van der Waals surface area contributed by atoms with Gasteiger partial charge in [0.1, 0.15) is 12.9 Å². The number of likely N-dealkylation sites (tertiary alicyclic amines) is 1. The molecular formula is C27H27ClF3N7O3. The van der Waals surface area contributed by atoms with Gasteiger partial charge >= 0.3 is 11.9 Å². The van der Waals surface area contributed by atoms with Crippen LogP contribution in [0, 0.1) is 0 Å². The van der Waals surface area contributed by atoms with Gasteiger partial charge in [-0.3, -0.25) is 9.36 Å². The van der Waals surface area contributed by atoms with Crippen molar-refractivity contribution < 1.29 is 23.1 Å². The molecule has 1 N–H and O–H groups in total. The highest BCUT2D eigenvalue weighted by Gasteiger charge is 2.39. The van der Waals surface area contributed by atoms with Crippen LogP contribution in [-0.2, 0) is 13.1 Å². The molecule has 216 valence electrons. The van der Waals surface area contributed by atoms with E-state index in [1.165, 1.54) is 35.3 Å². The summed E-state index contributed by atoms with van der Waals surface area (Å²) in [7, 11) is 0. The lowest BCUT2D eigenvalue weighted by Crippen LogP contribution is -2.39. The molecule has 3 atom stereocenters. The van der Waals surface area contributed by atoms with Crippen molar-refractivity contribution in [2.24, 2.45) is 0 Å². The zero-order valence-corrected chi connectivity index (χ0v) is 22.9. The molecule has 0 aliphatic carbocycles. The van der Waals surface area contributed by atoms with Crippen LogP contribution in [0.15, 0.2) is 59.7 Å². The fourth-order valence-corrected chi connectivity index (χ4v) is 5.13. The van der Waals surface area contributed by atoms with Crippen LogP contribution in [0.4, 0.5) is 13.2 Å². The Labute approximate surface area is 237 Å². The summed E-state index contributed by atoms with van der Waals surface area (Å²) in [5.74, 6) is -0.0685. The summed E-state index contributed by atoms with van der Waals surface area (Å²) >= 11 is 5.94. The van der Waals surface area contributed by atoms with Crippen molar-refractivity contribution in [3.8, 4) is 17.1 Å². The van der Waals surface area contributed by atoms with E-state index in [9.17, 15) is 27.9 Å². The molecule has 4 aromatic rings. The van der Waals surface area contributed by atoms with Gasteiger partial charge in [0.25, 0.3) is 5.91 Å². The number of halogens is 4. The van der Waals surface area contributed by atoms with E-state index in [1.54, 1.807) is 24.3 Å². The van der Waals surface area contributed by atoms with Crippen LogP contribution in [0.3, 0.4) is 0 Å². The van der Waals surface area contributed by atoms with Crippen molar-refractivity contribution in [2.45, 2.75) is 64.1 Å². The highest BCUT2D eigenvalue weighted by Crippen LogP contribution is 2.28. The average molecular weight is 590 g/mol. The number of alkyl halides is 3. The van der Waals surface area contributed by atoms with Crippen molar-refractivity contribution in [2.75, 3.05) is 0 Å². The number of carbonyl (C=O) groups is 1. The molecule has 2 unspecified atom stereocenters.